The molecule has 0 unspecified atom stereocenters. The number of carbonyl (C=O) groups excluding carboxylic acids is 1. The predicted molar refractivity (Wildman–Crippen MR) is 144 cm³/mol. The van der Waals surface area contributed by atoms with E-state index >= 15 is 0 Å². The number of piperazine rings is 1. The van der Waals surface area contributed by atoms with E-state index < -0.39 is 11.7 Å². The largest absolute Gasteiger partial charge is 0.444 e. The van der Waals surface area contributed by atoms with Crippen LogP contribution in [-0.2, 0) is 4.74 Å². The second-order valence-electron chi connectivity index (χ2n) is 10.4. The number of pyridine rings is 1. The van der Waals surface area contributed by atoms with Crippen LogP contribution in [0.5, 0.6) is 0 Å². The Labute approximate surface area is 216 Å². The molecular weight excluding hydrogens is 464 g/mol. The van der Waals surface area contributed by atoms with E-state index in [9.17, 15) is 10.1 Å². The molecule has 188 valence electrons. The number of nitrogens with zero attached hydrogens (tertiary/aromatic N) is 6. The SMILES string of the molecule is Cc1cccc2cccc(-c3cc4ncnc(N5CCN(C(=O)OC(C)(C)C)[C@@H](CC#N)C5)c4cn3)c12. The normalized spacial score (nSPS) is 16.1. The molecule has 0 radical (unpaired) electrons. The van der Waals surface area contributed by atoms with Gasteiger partial charge in [0.15, 0.2) is 0 Å². The summed E-state index contributed by atoms with van der Waals surface area (Å²) in [6.45, 7) is 9.12. The van der Waals surface area contributed by atoms with Crippen LogP contribution in [0.25, 0.3) is 32.9 Å². The molecule has 0 spiro atoms. The molecule has 37 heavy (non-hydrogen) atoms. The molecule has 2 aromatic carbocycles. The van der Waals surface area contributed by atoms with Crippen LogP contribution in [0.3, 0.4) is 0 Å². The maximum absolute atomic E-state index is 12.8. The van der Waals surface area contributed by atoms with E-state index in [4.69, 9.17) is 9.72 Å². The Hall–Kier alpha value is -4.25. The van der Waals surface area contributed by atoms with E-state index in [-0.39, 0.29) is 12.5 Å². The minimum Gasteiger partial charge on any atom is -0.444 e. The first kappa shape index (κ1) is 24.4. The van der Waals surface area contributed by atoms with Crippen LogP contribution in [0.1, 0.15) is 32.8 Å². The summed E-state index contributed by atoms with van der Waals surface area (Å²) >= 11 is 0. The lowest BCUT2D eigenvalue weighted by Crippen LogP contribution is -2.56. The topological polar surface area (TPSA) is 95.2 Å². The van der Waals surface area contributed by atoms with Crippen molar-refractivity contribution in [3.63, 3.8) is 0 Å². The van der Waals surface area contributed by atoms with Gasteiger partial charge in [-0.3, -0.25) is 4.98 Å². The van der Waals surface area contributed by atoms with Gasteiger partial charge in [0, 0.05) is 31.4 Å². The fourth-order valence-corrected chi connectivity index (χ4v) is 4.97. The first-order valence-corrected chi connectivity index (χ1v) is 12.5. The number of ether oxygens (including phenoxy) is 1. The van der Waals surface area contributed by atoms with Gasteiger partial charge in [-0.15, -0.1) is 0 Å². The van der Waals surface area contributed by atoms with E-state index in [0.29, 0.717) is 19.6 Å². The molecule has 0 aliphatic carbocycles. The maximum Gasteiger partial charge on any atom is 0.410 e. The summed E-state index contributed by atoms with van der Waals surface area (Å²) in [6, 6.07) is 16.5. The standard InChI is InChI=1S/C29H30N6O2/c1-19-7-5-8-20-9-6-10-22(26(19)20)24-15-25-23(16-31-24)27(33-18-32-25)34-13-14-35(21(17-34)11-12-30)28(36)37-29(2,3)4/h5-10,15-16,18,21H,11,13-14,17H2,1-4H3/t21-/m0/s1. The molecular formula is C29H30N6O2. The molecule has 2 aromatic heterocycles. The number of aromatic nitrogens is 3. The monoisotopic (exact) mass is 494 g/mol. The van der Waals surface area contributed by atoms with Gasteiger partial charge in [-0.25, -0.2) is 14.8 Å². The number of amides is 1. The Balaban J connectivity index is 1.47. The second kappa shape index (κ2) is 9.66. The molecule has 0 saturated carbocycles. The van der Waals surface area contributed by atoms with Gasteiger partial charge in [0.1, 0.15) is 17.7 Å². The Morgan fingerprint density at radius 1 is 1.14 bits per heavy atom. The number of anilines is 1. The number of rotatable bonds is 3. The van der Waals surface area contributed by atoms with Crippen LogP contribution < -0.4 is 4.90 Å². The van der Waals surface area contributed by atoms with E-state index in [0.717, 1.165) is 28.0 Å². The summed E-state index contributed by atoms with van der Waals surface area (Å²) in [5.74, 6) is 0.755. The lowest BCUT2D eigenvalue weighted by Gasteiger charge is -2.41. The van der Waals surface area contributed by atoms with Crippen molar-refractivity contribution in [2.75, 3.05) is 24.5 Å². The molecule has 0 N–H and O–H groups in total. The number of aryl methyl sites for hydroxylation is 1. The smallest absolute Gasteiger partial charge is 0.410 e. The van der Waals surface area contributed by atoms with Gasteiger partial charge in [-0.2, -0.15) is 5.26 Å². The average molecular weight is 495 g/mol. The number of nitriles is 1. The number of fused-ring (bicyclic) bond motifs is 2. The highest BCUT2D eigenvalue weighted by atomic mass is 16.6. The van der Waals surface area contributed by atoms with Crippen molar-refractivity contribution < 1.29 is 9.53 Å². The zero-order valence-corrected chi connectivity index (χ0v) is 21.6. The molecule has 4 aromatic rings. The van der Waals surface area contributed by atoms with E-state index in [1.807, 2.05) is 39.1 Å². The van der Waals surface area contributed by atoms with Crippen molar-refractivity contribution in [2.45, 2.75) is 45.8 Å². The third-order valence-corrected chi connectivity index (χ3v) is 6.63. The van der Waals surface area contributed by atoms with Gasteiger partial charge < -0.3 is 14.5 Å². The molecule has 1 amide bonds. The van der Waals surface area contributed by atoms with Gasteiger partial charge in [-0.1, -0.05) is 36.4 Å². The quantitative estimate of drug-likeness (QED) is 0.371. The Morgan fingerprint density at radius 2 is 1.92 bits per heavy atom. The highest BCUT2D eigenvalue weighted by Gasteiger charge is 2.34. The minimum absolute atomic E-state index is 0.210. The fraction of sp³-hybridized carbons (Fsp3) is 0.345. The summed E-state index contributed by atoms with van der Waals surface area (Å²) in [7, 11) is 0. The molecule has 1 aliphatic rings. The molecule has 3 heterocycles. The Morgan fingerprint density at radius 3 is 2.68 bits per heavy atom. The van der Waals surface area contributed by atoms with Crippen LogP contribution in [0, 0.1) is 18.3 Å². The van der Waals surface area contributed by atoms with Crippen molar-refractivity contribution in [2.24, 2.45) is 0 Å². The number of hydrogen-bond acceptors (Lipinski definition) is 7. The third-order valence-electron chi connectivity index (χ3n) is 6.63. The lowest BCUT2D eigenvalue weighted by atomic mass is 9.97. The van der Waals surface area contributed by atoms with Crippen molar-refractivity contribution in [1.29, 1.82) is 5.26 Å². The van der Waals surface area contributed by atoms with Crippen LogP contribution in [0.2, 0.25) is 0 Å². The molecule has 1 fully saturated rings. The van der Waals surface area contributed by atoms with Crippen LogP contribution in [0.15, 0.2) is 55.0 Å². The maximum atomic E-state index is 12.8. The van der Waals surface area contributed by atoms with Crippen LogP contribution >= 0.6 is 0 Å². The van der Waals surface area contributed by atoms with Gasteiger partial charge >= 0.3 is 6.09 Å². The first-order valence-electron chi connectivity index (χ1n) is 12.5. The summed E-state index contributed by atoms with van der Waals surface area (Å²) in [5.41, 5.74) is 3.32. The number of carbonyl (C=O) groups is 1. The Bertz CT molecular complexity index is 1520. The zero-order valence-electron chi connectivity index (χ0n) is 21.6. The molecule has 8 nitrogen and oxygen atoms in total. The van der Waals surface area contributed by atoms with Crippen LogP contribution in [-0.4, -0.2) is 57.2 Å². The van der Waals surface area contributed by atoms with Crippen molar-refractivity contribution in [3.8, 4) is 17.3 Å². The van der Waals surface area contributed by atoms with E-state index in [1.165, 1.54) is 16.3 Å². The minimum atomic E-state index is -0.597. The van der Waals surface area contributed by atoms with Gasteiger partial charge in [0.25, 0.3) is 0 Å². The average Bonchev–Trinajstić information content (AvgIpc) is 2.87. The lowest BCUT2D eigenvalue weighted by molar-refractivity contribution is 0.0145. The van der Waals surface area contributed by atoms with Crippen LogP contribution in [0.4, 0.5) is 10.6 Å². The zero-order chi connectivity index (χ0) is 26.2. The van der Waals surface area contributed by atoms with E-state index in [2.05, 4.69) is 58.2 Å². The highest BCUT2D eigenvalue weighted by molar-refractivity contribution is 6.00. The Kier molecular flexibility index (Phi) is 6.38. The summed E-state index contributed by atoms with van der Waals surface area (Å²) in [4.78, 5) is 30.5. The molecule has 1 aliphatic heterocycles. The molecule has 8 heteroatoms. The summed E-state index contributed by atoms with van der Waals surface area (Å²) in [5, 5.41) is 12.6. The highest BCUT2D eigenvalue weighted by Crippen LogP contribution is 2.33. The molecule has 1 saturated heterocycles. The second-order valence-corrected chi connectivity index (χ2v) is 10.4. The third kappa shape index (κ3) is 4.90. The number of benzene rings is 2. The predicted octanol–water partition coefficient (Wildman–Crippen LogP) is 5.49. The van der Waals surface area contributed by atoms with Crippen molar-refractivity contribution >= 4 is 33.6 Å². The van der Waals surface area contributed by atoms with Gasteiger partial charge in [-0.05, 0) is 50.1 Å². The number of hydrogen-bond donors (Lipinski definition) is 0. The summed E-state index contributed by atoms with van der Waals surface area (Å²) in [6.07, 6.45) is 3.21. The molecule has 0 bridgehead atoms. The van der Waals surface area contributed by atoms with Crippen molar-refractivity contribution in [1.82, 2.24) is 19.9 Å². The molecule has 1 atom stereocenters. The van der Waals surface area contributed by atoms with E-state index in [1.54, 1.807) is 11.2 Å². The van der Waals surface area contributed by atoms with Crippen molar-refractivity contribution in [3.05, 3.63) is 60.6 Å². The van der Waals surface area contributed by atoms with Gasteiger partial charge in [0.2, 0.25) is 0 Å². The first-order chi connectivity index (χ1) is 17.7. The van der Waals surface area contributed by atoms with Gasteiger partial charge in [0.05, 0.1) is 35.1 Å². The summed E-state index contributed by atoms with van der Waals surface area (Å²) < 4.78 is 5.58. The molecule has 5 rings (SSSR count). The fourth-order valence-electron chi connectivity index (χ4n) is 4.97.